The summed E-state index contributed by atoms with van der Waals surface area (Å²) in [6, 6.07) is 0. The third-order valence-corrected chi connectivity index (χ3v) is 13.4. The quantitative estimate of drug-likeness (QED) is 0.0348. The smallest absolute Gasteiger partial charge is 0.313 e. The molecule has 0 aromatic rings. The Kier molecular flexibility index (Phi) is 50.7. The molecule has 0 rings (SSSR count). The molecule has 0 aliphatic carbocycles. The van der Waals surface area contributed by atoms with Gasteiger partial charge < -0.3 is 4.74 Å². The summed E-state index contributed by atoms with van der Waals surface area (Å²) in [4.78, 5) is 24.2. The topological polar surface area (TPSA) is 43.4 Å². The van der Waals surface area contributed by atoms with E-state index in [9.17, 15) is 9.59 Å². The molecule has 0 N–H and O–H groups in total. The zero-order valence-corrected chi connectivity index (χ0v) is 41.2. The van der Waals surface area contributed by atoms with Crippen molar-refractivity contribution in [3.63, 3.8) is 0 Å². The molecule has 0 aromatic heterocycles. The van der Waals surface area contributed by atoms with Crippen molar-refractivity contribution >= 4 is 11.9 Å². The maximum absolute atomic E-state index is 12.1. The molecule has 3 nitrogen and oxygen atoms in total. The molecule has 0 spiro atoms. The zero-order valence-electron chi connectivity index (χ0n) is 41.2. The minimum Gasteiger partial charge on any atom is -0.393 e. The molecule has 0 saturated carbocycles. The minimum atomic E-state index is -0.318. The van der Waals surface area contributed by atoms with E-state index in [0.717, 1.165) is 31.6 Å². The predicted octanol–water partition coefficient (Wildman–Crippen LogP) is 20.2. The van der Waals surface area contributed by atoms with Gasteiger partial charge in [-0.15, -0.1) is 0 Å². The number of hydrogen-bond acceptors (Lipinski definition) is 3. The van der Waals surface area contributed by atoms with Gasteiger partial charge in [0, 0.05) is 12.8 Å². The van der Waals surface area contributed by atoms with Gasteiger partial charge in [0.25, 0.3) is 0 Å². The zero-order chi connectivity index (χ0) is 42.8. The number of ether oxygens (including phenoxy) is 1. The van der Waals surface area contributed by atoms with Crippen LogP contribution in [0.1, 0.15) is 342 Å². The lowest BCUT2D eigenvalue weighted by Crippen LogP contribution is -2.11. The highest BCUT2D eigenvalue weighted by molar-refractivity contribution is 5.85. The van der Waals surface area contributed by atoms with Gasteiger partial charge in [0.05, 0.1) is 0 Å². The van der Waals surface area contributed by atoms with Crippen molar-refractivity contribution in [1.29, 1.82) is 0 Å². The second-order valence-electron chi connectivity index (χ2n) is 19.4. The van der Waals surface area contributed by atoms with Gasteiger partial charge in [0.1, 0.15) is 0 Å². The Morgan fingerprint density at radius 3 is 0.627 bits per heavy atom. The third-order valence-electron chi connectivity index (χ3n) is 13.4. The lowest BCUT2D eigenvalue weighted by Gasteiger charge is -2.17. The maximum Gasteiger partial charge on any atom is 0.313 e. The molecular formula is C56H110O3. The van der Waals surface area contributed by atoms with Crippen molar-refractivity contribution in [2.24, 2.45) is 5.92 Å². The van der Waals surface area contributed by atoms with E-state index >= 15 is 0 Å². The van der Waals surface area contributed by atoms with E-state index in [1.165, 1.54) is 283 Å². The van der Waals surface area contributed by atoms with Crippen molar-refractivity contribution in [3.05, 3.63) is 0 Å². The molecule has 0 radical (unpaired) electrons. The van der Waals surface area contributed by atoms with Gasteiger partial charge >= 0.3 is 11.9 Å². The Morgan fingerprint density at radius 2 is 0.424 bits per heavy atom. The maximum atomic E-state index is 12.1. The summed E-state index contributed by atoms with van der Waals surface area (Å²) in [7, 11) is 0. The first-order valence-electron chi connectivity index (χ1n) is 27.9. The van der Waals surface area contributed by atoms with E-state index in [2.05, 4.69) is 20.8 Å². The fraction of sp³-hybridized carbons (Fsp3) is 0.964. The molecule has 0 saturated heterocycles. The highest BCUT2D eigenvalue weighted by Gasteiger charge is 2.11. The van der Waals surface area contributed by atoms with Crippen LogP contribution >= 0.6 is 0 Å². The number of carbonyl (C=O) groups excluding carboxylic acids is 2. The molecule has 352 valence electrons. The van der Waals surface area contributed by atoms with Gasteiger partial charge in [-0.25, -0.2) is 0 Å². The number of carbonyl (C=O) groups is 2. The summed E-state index contributed by atoms with van der Waals surface area (Å²) in [6.07, 6.45) is 66.6. The van der Waals surface area contributed by atoms with Gasteiger partial charge in [-0.05, 0) is 18.8 Å². The van der Waals surface area contributed by atoms with Crippen LogP contribution in [0, 0.1) is 5.92 Å². The summed E-state index contributed by atoms with van der Waals surface area (Å²) in [5, 5.41) is 0. The van der Waals surface area contributed by atoms with Crippen LogP contribution in [-0.4, -0.2) is 11.9 Å². The molecule has 3 heteroatoms. The van der Waals surface area contributed by atoms with Crippen molar-refractivity contribution in [2.45, 2.75) is 342 Å². The lowest BCUT2D eigenvalue weighted by molar-refractivity contribution is -0.159. The van der Waals surface area contributed by atoms with Crippen molar-refractivity contribution in [2.75, 3.05) is 0 Å². The van der Waals surface area contributed by atoms with Gasteiger partial charge in [-0.1, -0.05) is 316 Å². The monoisotopic (exact) mass is 831 g/mol. The Bertz CT molecular complexity index is 807. The van der Waals surface area contributed by atoms with Crippen molar-refractivity contribution in [3.8, 4) is 0 Å². The molecule has 0 aliphatic rings. The second kappa shape index (κ2) is 51.5. The summed E-state index contributed by atoms with van der Waals surface area (Å²) < 4.78 is 5.08. The average molecular weight is 831 g/mol. The second-order valence-corrected chi connectivity index (χ2v) is 19.4. The molecule has 0 heterocycles. The fourth-order valence-electron chi connectivity index (χ4n) is 9.26. The van der Waals surface area contributed by atoms with E-state index < -0.39 is 0 Å². The van der Waals surface area contributed by atoms with E-state index in [0.29, 0.717) is 12.8 Å². The van der Waals surface area contributed by atoms with Crippen LogP contribution in [0.3, 0.4) is 0 Å². The molecule has 1 unspecified atom stereocenters. The van der Waals surface area contributed by atoms with Crippen LogP contribution in [0.5, 0.6) is 0 Å². The molecule has 0 aliphatic heterocycles. The Labute approximate surface area is 372 Å². The number of hydrogen-bond donors (Lipinski definition) is 0. The van der Waals surface area contributed by atoms with E-state index in [1.54, 1.807) is 0 Å². The summed E-state index contributed by atoms with van der Waals surface area (Å²) >= 11 is 0. The molecule has 1 atom stereocenters. The van der Waals surface area contributed by atoms with Crippen LogP contribution in [0.4, 0.5) is 0 Å². The van der Waals surface area contributed by atoms with Gasteiger partial charge in [-0.3, -0.25) is 9.59 Å². The Hall–Kier alpha value is -0.860. The average Bonchev–Trinajstić information content (AvgIpc) is 3.23. The molecule has 0 bridgehead atoms. The van der Waals surface area contributed by atoms with Crippen LogP contribution < -0.4 is 0 Å². The van der Waals surface area contributed by atoms with Crippen LogP contribution in [-0.2, 0) is 14.3 Å². The standard InChI is InChI=1S/C56H110O3/c1-4-7-10-13-16-18-20-21-22-26-29-33-37-42-47-52-55(57)59-56(58)53-48-43-38-34-30-27-24-23-25-28-32-36-41-46-51-54(49-44-39-15-12-9-6-3)50-45-40-35-31-19-17-14-11-8-5-2/h54H,4-53H2,1-3H3. The SMILES string of the molecule is CCCCCCCCCCCCCCCCCC(=O)OC(=O)CCCCCCCCCCCCCCCCC(CCCCCCCC)CCCCCCCCCCCC. The van der Waals surface area contributed by atoms with Crippen LogP contribution in [0.15, 0.2) is 0 Å². The summed E-state index contributed by atoms with van der Waals surface area (Å²) in [6.45, 7) is 6.92. The highest BCUT2D eigenvalue weighted by Crippen LogP contribution is 2.25. The molecule has 0 amide bonds. The van der Waals surface area contributed by atoms with Crippen molar-refractivity contribution < 1.29 is 14.3 Å². The first-order chi connectivity index (χ1) is 29.1. The number of unbranched alkanes of at least 4 members (excludes halogenated alkanes) is 41. The molecule has 59 heavy (non-hydrogen) atoms. The van der Waals surface area contributed by atoms with Gasteiger partial charge in [0.15, 0.2) is 0 Å². The van der Waals surface area contributed by atoms with E-state index in [-0.39, 0.29) is 11.9 Å². The van der Waals surface area contributed by atoms with E-state index in [4.69, 9.17) is 4.74 Å². The van der Waals surface area contributed by atoms with Gasteiger partial charge in [-0.2, -0.15) is 0 Å². The number of rotatable bonds is 51. The third kappa shape index (κ3) is 49.7. The molecule has 0 aromatic carbocycles. The lowest BCUT2D eigenvalue weighted by atomic mass is 9.89. The summed E-state index contributed by atoms with van der Waals surface area (Å²) in [5.74, 6) is 0.367. The molecular weight excluding hydrogens is 721 g/mol. The normalized spacial score (nSPS) is 12.1. The fourth-order valence-corrected chi connectivity index (χ4v) is 9.26. The van der Waals surface area contributed by atoms with Crippen molar-refractivity contribution in [1.82, 2.24) is 0 Å². The number of esters is 2. The van der Waals surface area contributed by atoms with Crippen LogP contribution in [0.25, 0.3) is 0 Å². The summed E-state index contributed by atoms with van der Waals surface area (Å²) in [5.41, 5.74) is 0. The predicted molar refractivity (Wildman–Crippen MR) is 262 cm³/mol. The highest BCUT2D eigenvalue weighted by atomic mass is 16.6. The minimum absolute atomic E-state index is 0.316. The van der Waals surface area contributed by atoms with Gasteiger partial charge in [0.2, 0.25) is 0 Å². The Balaban J connectivity index is 3.60. The first-order valence-corrected chi connectivity index (χ1v) is 27.9. The van der Waals surface area contributed by atoms with Crippen LogP contribution in [0.2, 0.25) is 0 Å². The Morgan fingerprint density at radius 1 is 0.254 bits per heavy atom. The molecule has 0 fully saturated rings. The first kappa shape index (κ1) is 58.1. The van der Waals surface area contributed by atoms with E-state index in [1.807, 2.05) is 0 Å². The largest absolute Gasteiger partial charge is 0.393 e.